The summed E-state index contributed by atoms with van der Waals surface area (Å²) in [5.74, 6) is 1.29. The molecule has 29 heavy (non-hydrogen) atoms. The summed E-state index contributed by atoms with van der Waals surface area (Å²) in [6, 6.07) is 4.50. The number of ether oxygens (including phenoxy) is 2. The van der Waals surface area contributed by atoms with Gasteiger partial charge in [-0.05, 0) is 19.9 Å². The average Bonchev–Trinajstić information content (AvgIpc) is 3.49. The van der Waals surface area contributed by atoms with Crippen molar-refractivity contribution in [2.45, 2.75) is 38.5 Å². The average molecular weight is 395 g/mol. The van der Waals surface area contributed by atoms with Gasteiger partial charge in [-0.15, -0.1) is 5.10 Å². The number of anilines is 2. The first kappa shape index (κ1) is 17.6. The van der Waals surface area contributed by atoms with Gasteiger partial charge in [-0.2, -0.15) is 5.10 Å². The van der Waals surface area contributed by atoms with Crippen LogP contribution in [0.15, 0.2) is 37.1 Å². The van der Waals surface area contributed by atoms with Crippen LogP contribution in [-0.2, 0) is 4.74 Å². The lowest BCUT2D eigenvalue weighted by atomic mass is 10.1. The predicted octanol–water partition coefficient (Wildman–Crippen LogP) is 2.28. The van der Waals surface area contributed by atoms with Gasteiger partial charge in [-0.3, -0.25) is 14.1 Å². The summed E-state index contributed by atoms with van der Waals surface area (Å²) in [7, 11) is 0. The molecule has 0 radical (unpaired) electrons. The van der Waals surface area contributed by atoms with Crippen molar-refractivity contribution in [1.29, 1.82) is 0 Å². The Morgan fingerprint density at radius 2 is 2.24 bits per heavy atom. The van der Waals surface area contributed by atoms with Crippen LogP contribution in [0.5, 0.6) is 6.01 Å². The van der Waals surface area contributed by atoms with Gasteiger partial charge >= 0.3 is 6.01 Å². The largest absolute Gasteiger partial charge is 0.458 e. The lowest BCUT2D eigenvalue weighted by Crippen LogP contribution is -2.19. The normalized spacial score (nSPS) is 19.3. The number of H-pyrrole nitrogens is 1. The summed E-state index contributed by atoms with van der Waals surface area (Å²) in [6.45, 7) is 4.60. The second kappa shape index (κ2) is 7.17. The van der Waals surface area contributed by atoms with Crippen molar-refractivity contribution in [3.63, 3.8) is 0 Å². The van der Waals surface area contributed by atoms with Crippen molar-refractivity contribution in [3.8, 4) is 6.01 Å². The van der Waals surface area contributed by atoms with Gasteiger partial charge in [-0.1, -0.05) is 5.10 Å². The molecule has 0 spiro atoms. The minimum Gasteiger partial charge on any atom is -0.458 e. The molecule has 0 aromatic carbocycles. The van der Waals surface area contributed by atoms with Crippen LogP contribution in [0.4, 0.5) is 11.8 Å². The SMILES string of the molecule is CC(C)n1cnnc1O[C@H]1CO[C@@H](c2cc(Nc3nccc4nccn34)n[nH]2)C1. The van der Waals surface area contributed by atoms with E-state index < -0.39 is 0 Å². The Kier molecular flexibility index (Phi) is 4.35. The molecule has 11 nitrogen and oxygen atoms in total. The molecular formula is C18H21N9O2. The number of hydrogen-bond donors (Lipinski definition) is 2. The van der Waals surface area contributed by atoms with E-state index in [9.17, 15) is 0 Å². The van der Waals surface area contributed by atoms with Gasteiger partial charge in [0.1, 0.15) is 24.2 Å². The molecule has 0 aliphatic carbocycles. The lowest BCUT2D eigenvalue weighted by molar-refractivity contribution is 0.0885. The van der Waals surface area contributed by atoms with Crippen LogP contribution in [-0.4, -0.2) is 52.0 Å². The topological polar surface area (TPSA) is 120 Å². The van der Waals surface area contributed by atoms with E-state index >= 15 is 0 Å². The summed E-state index contributed by atoms with van der Waals surface area (Å²) in [5.41, 5.74) is 1.69. The maximum absolute atomic E-state index is 6.00. The number of aromatic amines is 1. The van der Waals surface area contributed by atoms with Crippen molar-refractivity contribution in [1.82, 2.24) is 39.3 Å². The fourth-order valence-electron chi connectivity index (χ4n) is 3.34. The van der Waals surface area contributed by atoms with Gasteiger partial charge in [0, 0.05) is 37.1 Å². The number of rotatable bonds is 6. The number of nitrogens with zero attached hydrogens (tertiary/aromatic N) is 7. The van der Waals surface area contributed by atoms with Crippen molar-refractivity contribution in [2.75, 3.05) is 11.9 Å². The van der Waals surface area contributed by atoms with Gasteiger partial charge in [-0.25, -0.2) is 9.97 Å². The van der Waals surface area contributed by atoms with Gasteiger partial charge in [0.05, 0.1) is 12.3 Å². The first-order valence-electron chi connectivity index (χ1n) is 9.45. The summed E-state index contributed by atoms with van der Waals surface area (Å²) in [4.78, 5) is 8.60. The van der Waals surface area contributed by atoms with E-state index in [0.29, 0.717) is 30.8 Å². The molecular weight excluding hydrogens is 374 g/mol. The maximum Gasteiger partial charge on any atom is 0.317 e. The molecule has 1 aliphatic rings. The second-order valence-electron chi connectivity index (χ2n) is 7.17. The molecule has 4 aromatic heterocycles. The highest BCUT2D eigenvalue weighted by Gasteiger charge is 2.31. The molecule has 5 rings (SSSR count). The van der Waals surface area contributed by atoms with E-state index in [0.717, 1.165) is 11.3 Å². The molecule has 1 aliphatic heterocycles. The highest BCUT2D eigenvalue weighted by atomic mass is 16.6. The zero-order valence-corrected chi connectivity index (χ0v) is 16.1. The first-order valence-corrected chi connectivity index (χ1v) is 9.45. The fourth-order valence-corrected chi connectivity index (χ4v) is 3.34. The van der Waals surface area contributed by atoms with Crippen molar-refractivity contribution in [3.05, 3.63) is 42.7 Å². The zero-order valence-electron chi connectivity index (χ0n) is 16.1. The summed E-state index contributed by atoms with van der Waals surface area (Å²) in [5, 5.41) is 18.6. The van der Waals surface area contributed by atoms with E-state index in [-0.39, 0.29) is 18.2 Å². The maximum atomic E-state index is 6.00. The molecule has 1 saturated heterocycles. The third-order valence-electron chi connectivity index (χ3n) is 4.83. The summed E-state index contributed by atoms with van der Waals surface area (Å²) in [6.07, 6.45) is 7.42. The van der Waals surface area contributed by atoms with Gasteiger partial charge in [0.2, 0.25) is 5.95 Å². The van der Waals surface area contributed by atoms with E-state index in [1.165, 1.54) is 0 Å². The van der Waals surface area contributed by atoms with Crippen LogP contribution < -0.4 is 10.1 Å². The molecule has 11 heteroatoms. The molecule has 0 amide bonds. The van der Waals surface area contributed by atoms with Crippen molar-refractivity contribution >= 4 is 17.4 Å². The Balaban J connectivity index is 1.25. The van der Waals surface area contributed by atoms with Crippen molar-refractivity contribution < 1.29 is 9.47 Å². The van der Waals surface area contributed by atoms with Gasteiger partial charge < -0.3 is 14.8 Å². The monoisotopic (exact) mass is 395 g/mol. The molecule has 1 fully saturated rings. The number of fused-ring (bicyclic) bond motifs is 1. The summed E-state index contributed by atoms with van der Waals surface area (Å²) < 4.78 is 15.7. The van der Waals surface area contributed by atoms with E-state index in [1.54, 1.807) is 18.7 Å². The predicted molar refractivity (Wildman–Crippen MR) is 103 cm³/mol. The highest BCUT2D eigenvalue weighted by Crippen LogP contribution is 2.31. The van der Waals surface area contributed by atoms with Crippen LogP contribution in [0.3, 0.4) is 0 Å². The number of hydrogen-bond acceptors (Lipinski definition) is 8. The quantitative estimate of drug-likeness (QED) is 0.510. The smallest absolute Gasteiger partial charge is 0.317 e. The highest BCUT2D eigenvalue weighted by molar-refractivity contribution is 5.53. The van der Waals surface area contributed by atoms with Crippen LogP contribution in [0.1, 0.15) is 38.1 Å². The van der Waals surface area contributed by atoms with Gasteiger partial charge in [0.15, 0.2) is 5.82 Å². The molecule has 2 atom stereocenters. The molecule has 2 N–H and O–H groups in total. The second-order valence-corrected chi connectivity index (χ2v) is 7.17. The third-order valence-corrected chi connectivity index (χ3v) is 4.83. The molecule has 150 valence electrons. The van der Waals surface area contributed by atoms with Crippen LogP contribution in [0.25, 0.3) is 5.65 Å². The van der Waals surface area contributed by atoms with Crippen LogP contribution in [0.2, 0.25) is 0 Å². The van der Waals surface area contributed by atoms with E-state index in [4.69, 9.17) is 9.47 Å². The minimum atomic E-state index is -0.129. The third kappa shape index (κ3) is 3.40. The Labute approximate surface area is 166 Å². The summed E-state index contributed by atoms with van der Waals surface area (Å²) >= 11 is 0. The lowest BCUT2D eigenvalue weighted by Gasteiger charge is -2.14. The zero-order chi connectivity index (χ0) is 19.8. The number of imidazole rings is 1. The van der Waals surface area contributed by atoms with Crippen LogP contribution >= 0.6 is 0 Å². The Morgan fingerprint density at radius 1 is 1.31 bits per heavy atom. The Bertz CT molecular complexity index is 1120. The molecule has 4 aromatic rings. The fraction of sp³-hybridized carbons (Fsp3) is 0.389. The Morgan fingerprint density at radius 3 is 3.14 bits per heavy atom. The Hall–Kier alpha value is -3.47. The number of nitrogens with one attached hydrogen (secondary N) is 2. The van der Waals surface area contributed by atoms with Crippen molar-refractivity contribution in [2.24, 2.45) is 0 Å². The van der Waals surface area contributed by atoms with Crippen LogP contribution in [0, 0.1) is 0 Å². The first-order chi connectivity index (χ1) is 14.2. The standard InChI is InChI=1S/C18H21N9O2/c1-11(2)27-10-21-25-18(27)29-12-7-14(28-9-12)13-8-15(24-23-13)22-17-20-4-3-16-19-5-6-26(16)17/h3-6,8,10-12,14H,7,9H2,1-2H3,(H2,20,22,23,24)/t12-,14-/m1/s1. The minimum absolute atomic E-state index is 0.0947. The number of aromatic nitrogens is 8. The molecule has 0 saturated carbocycles. The van der Waals surface area contributed by atoms with Gasteiger partial charge in [0.25, 0.3) is 0 Å². The molecule has 0 unspecified atom stereocenters. The molecule has 0 bridgehead atoms. The van der Waals surface area contributed by atoms with E-state index in [1.807, 2.05) is 27.3 Å². The molecule has 5 heterocycles. The van der Waals surface area contributed by atoms with E-state index in [2.05, 4.69) is 49.5 Å².